The van der Waals surface area contributed by atoms with Gasteiger partial charge in [0, 0.05) is 11.6 Å². The normalized spacial score (nSPS) is 15.8. The number of H-pyrrole nitrogens is 1. The number of hydrogen-bond donors (Lipinski definition) is 2. The van der Waals surface area contributed by atoms with Crippen molar-refractivity contribution < 1.29 is 9.90 Å². The number of thiophene rings is 1. The highest BCUT2D eigenvalue weighted by molar-refractivity contribution is 7.13. The fourth-order valence-electron chi connectivity index (χ4n) is 3.51. The van der Waals surface area contributed by atoms with Crippen molar-refractivity contribution in [3.63, 3.8) is 0 Å². The zero-order chi connectivity index (χ0) is 16.7. The molecule has 1 saturated carbocycles. The molecule has 3 aromatic rings. The van der Waals surface area contributed by atoms with E-state index in [9.17, 15) is 14.7 Å². The molecule has 3 heterocycles. The Kier molecular flexibility index (Phi) is 3.72. The van der Waals surface area contributed by atoms with Gasteiger partial charge in [-0.2, -0.15) is 0 Å². The monoisotopic (exact) mass is 343 g/mol. The SMILES string of the molecule is O=C(O)c1cc2nc(-c3cccs3)c(C3CCCCC3)c(=O)n2[nH]1. The molecule has 3 aromatic heterocycles. The van der Waals surface area contributed by atoms with E-state index in [0.29, 0.717) is 16.9 Å². The Balaban J connectivity index is 1.99. The molecule has 0 aliphatic heterocycles. The molecular formula is C17H17N3O3S. The van der Waals surface area contributed by atoms with Crippen LogP contribution in [-0.2, 0) is 0 Å². The van der Waals surface area contributed by atoms with E-state index < -0.39 is 5.97 Å². The summed E-state index contributed by atoms with van der Waals surface area (Å²) in [6.07, 6.45) is 5.39. The fraction of sp³-hybridized carbons (Fsp3) is 0.353. The summed E-state index contributed by atoms with van der Waals surface area (Å²) in [5.41, 5.74) is 1.56. The van der Waals surface area contributed by atoms with Gasteiger partial charge in [-0.15, -0.1) is 11.3 Å². The summed E-state index contributed by atoms with van der Waals surface area (Å²) in [6.45, 7) is 0. The van der Waals surface area contributed by atoms with E-state index in [2.05, 4.69) is 10.1 Å². The molecule has 24 heavy (non-hydrogen) atoms. The number of fused-ring (bicyclic) bond motifs is 1. The van der Waals surface area contributed by atoms with Gasteiger partial charge in [-0.25, -0.2) is 14.3 Å². The third-order valence-electron chi connectivity index (χ3n) is 4.65. The van der Waals surface area contributed by atoms with Gasteiger partial charge < -0.3 is 5.11 Å². The van der Waals surface area contributed by atoms with Gasteiger partial charge in [0.2, 0.25) is 0 Å². The van der Waals surface area contributed by atoms with Crippen molar-refractivity contribution in [3.05, 3.63) is 45.2 Å². The first-order valence-electron chi connectivity index (χ1n) is 8.08. The summed E-state index contributed by atoms with van der Waals surface area (Å²) in [6, 6.07) is 5.31. The van der Waals surface area contributed by atoms with E-state index in [4.69, 9.17) is 0 Å². The van der Waals surface area contributed by atoms with Gasteiger partial charge in [0.1, 0.15) is 5.69 Å². The number of aromatic amines is 1. The second kappa shape index (κ2) is 5.90. The van der Waals surface area contributed by atoms with Crippen LogP contribution in [0.3, 0.4) is 0 Å². The number of carbonyl (C=O) groups is 1. The van der Waals surface area contributed by atoms with Crippen LogP contribution in [-0.4, -0.2) is 25.7 Å². The first-order chi connectivity index (χ1) is 11.6. The predicted octanol–water partition coefficient (Wildman–Crippen LogP) is 3.50. The molecule has 7 heteroatoms. The molecule has 124 valence electrons. The number of aromatic nitrogens is 3. The van der Waals surface area contributed by atoms with Gasteiger partial charge in [0.05, 0.1) is 10.6 Å². The maximum Gasteiger partial charge on any atom is 0.353 e. The van der Waals surface area contributed by atoms with E-state index in [0.717, 1.165) is 30.6 Å². The van der Waals surface area contributed by atoms with Crippen molar-refractivity contribution >= 4 is 23.0 Å². The Hall–Kier alpha value is -2.41. The fourth-order valence-corrected chi connectivity index (χ4v) is 4.24. The summed E-state index contributed by atoms with van der Waals surface area (Å²) in [4.78, 5) is 29.9. The number of nitrogens with one attached hydrogen (secondary N) is 1. The molecule has 6 nitrogen and oxygen atoms in total. The van der Waals surface area contributed by atoms with Gasteiger partial charge in [0.15, 0.2) is 5.65 Å². The van der Waals surface area contributed by atoms with Gasteiger partial charge in [-0.05, 0) is 30.2 Å². The lowest BCUT2D eigenvalue weighted by atomic mass is 9.83. The smallest absolute Gasteiger partial charge is 0.353 e. The van der Waals surface area contributed by atoms with Crippen molar-refractivity contribution in [2.45, 2.75) is 38.0 Å². The lowest BCUT2D eigenvalue weighted by Crippen LogP contribution is -2.25. The molecule has 2 N–H and O–H groups in total. The second-order valence-corrected chi connectivity index (χ2v) is 7.11. The average molecular weight is 343 g/mol. The minimum atomic E-state index is -1.10. The molecular weight excluding hydrogens is 326 g/mol. The van der Waals surface area contributed by atoms with Crippen molar-refractivity contribution in [1.82, 2.24) is 14.6 Å². The largest absolute Gasteiger partial charge is 0.477 e. The summed E-state index contributed by atoms with van der Waals surface area (Å²) in [7, 11) is 0. The van der Waals surface area contributed by atoms with Crippen LogP contribution in [0.4, 0.5) is 0 Å². The molecule has 0 unspecified atom stereocenters. The minimum Gasteiger partial charge on any atom is -0.477 e. The van der Waals surface area contributed by atoms with E-state index in [-0.39, 0.29) is 17.2 Å². The topological polar surface area (TPSA) is 87.5 Å². The summed E-state index contributed by atoms with van der Waals surface area (Å²) in [5, 5.41) is 13.8. The highest BCUT2D eigenvalue weighted by Gasteiger charge is 2.26. The highest BCUT2D eigenvalue weighted by atomic mass is 32.1. The Morgan fingerprint density at radius 2 is 2.12 bits per heavy atom. The first kappa shape index (κ1) is 15.1. The molecule has 0 radical (unpaired) electrons. The van der Waals surface area contributed by atoms with Crippen molar-refractivity contribution in [2.24, 2.45) is 0 Å². The van der Waals surface area contributed by atoms with Crippen LogP contribution in [0.1, 0.15) is 54.1 Å². The van der Waals surface area contributed by atoms with Gasteiger partial charge in [0.25, 0.3) is 5.56 Å². The van der Waals surface area contributed by atoms with E-state index in [1.807, 2.05) is 17.5 Å². The maximum absolute atomic E-state index is 13.1. The Bertz CT molecular complexity index is 950. The van der Waals surface area contributed by atoms with Crippen molar-refractivity contribution in [2.75, 3.05) is 0 Å². The molecule has 0 amide bonds. The molecule has 0 aromatic carbocycles. The lowest BCUT2D eigenvalue weighted by Gasteiger charge is -2.22. The summed E-state index contributed by atoms with van der Waals surface area (Å²) in [5.74, 6) is -0.916. The quantitative estimate of drug-likeness (QED) is 0.762. The van der Waals surface area contributed by atoms with Gasteiger partial charge >= 0.3 is 5.97 Å². The molecule has 1 fully saturated rings. The van der Waals surface area contributed by atoms with Crippen LogP contribution < -0.4 is 5.56 Å². The second-order valence-electron chi connectivity index (χ2n) is 6.16. The Morgan fingerprint density at radius 3 is 2.79 bits per heavy atom. The summed E-state index contributed by atoms with van der Waals surface area (Å²) < 4.78 is 1.27. The number of hydrogen-bond acceptors (Lipinski definition) is 4. The molecule has 0 bridgehead atoms. The van der Waals surface area contributed by atoms with E-state index in [1.165, 1.54) is 17.0 Å². The van der Waals surface area contributed by atoms with Crippen molar-refractivity contribution in [1.29, 1.82) is 0 Å². The van der Waals surface area contributed by atoms with Gasteiger partial charge in [-0.3, -0.25) is 9.89 Å². The van der Waals surface area contributed by atoms with Crippen LogP contribution in [0, 0.1) is 0 Å². The van der Waals surface area contributed by atoms with Crippen LogP contribution in [0.5, 0.6) is 0 Å². The standard InChI is InChI=1S/C17H17N3O3S/c21-16-14(10-5-2-1-3-6-10)15(12-7-4-8-24-12)18-13-9-11(17(22)23)19-20(13)16/h4,7-10,19H,1-3,5-6H2,(H,22,23). The molecule has 1 aliphatic carbocycles. The van der Waals surface area contributed by atoms with Crippen LogP contribution in [0.15, 0.2) is 28.4 Å². The maximum atomic E-state index is 13.1. The number of aromatic carboxylic acids is 1. The molecule has 4 rings (SSSR count). The van der Waals surface area contributed by atoms with Crippen LogP contribution >= 0.6 is 11.3 Å². The molecule has 0 spiro atoms. The number of carboxylic acid groups (broad SMARTS) is 1. The number of carboxylic acids is 1. The van der Waals surface area contributed by atoms with Crippen molar-refractivity contribution in [3.8, 4) is 10.6 Å². The average Bonchev–Trinajstić information content (AvgIpc) is 3.25. The predicted molar refractivity (Wildman–Crippen MR) is 91.9 cm³/mol. The number of nitrogens with zero attached hydrogens (tertiary/aromatic N) is 2. The number of rotatable bonds is 3. The van der Waals surface area contributed by atoms with Crippen LogP contribution in [0.25, 0.3) is 16.2 Å². The molecule has 0 atom stereocenters. The van der Waals surface area contributed by atoms with Gasteiger partial charge in [-0.1, -0.05) is 25.3 Å². The Labute approximate surface area is 141 Å². The van der Waals surface area contributed by atoms with E-state index in [1.54, 1.807) is 11.3 Å². The Morgan fingerprint density at radius 1 is 1.33 bits per heavy atom. The minimum absolute atomic E-state index is 0.0301. The molecule has 1 aliphatic rings. The zero-order valence-corrected chi connectivity index (χ0v) is 13.8. The first-order valence-corrected chi connectivity index (χ1v) is 8.96. The highest BCUT2D eigenvalue weighted by Crippen LogP contribution is 2.36. The van der Waals surface area contributed by atoms with E-state index >= 15 is 0 Å². The lowest BCUT2D eigenvalue weighted by molar-refractivity contribution is 0.0690. The third-order valence-corrected chi connectivity index (χ3v) is 5.52. The third kappa shape index (κ3) is 2.45. The van der Waals surface area contributed by atoms with Crippen LogP contribution in [0.2, 0.25) is 0 Å². The molecule has 0 saturated heterocycles. The summed E-state index contributed by atoms with van der Waals surface area (Å²) >= 11 is 1.55. The zero-order valence-electron chi connectivity index (χ0n) is 13.0.